The Balaban J connectivity index is 1.73. The lowest BCUT2D eigenvalue weighted by Crippen LogP contribution is -2.49. The number of ketones is 1. The Morgan fingerprint density at radius 3 is 2.63 bits per heavy atom. The SMILES string of the molecule is CN1CCN(C2CCc3ccccc3C(=O)C2)CC1. The number of rotatable bonds is 1. The maximum atomic E-state index is 12.4. The molecule has 0 bridgehead atoms. The second-order valence-electron chi connectivity index (χ2n) is 5.82. The molecule has 1 aliphatic heterocycles. The summed E-state index contributed by atoms with van der Waals surface area (Å²) in [7, 11) is 2.17. The summed E-state index contributed by atoms with van der Waals surface area (Å²) in [6.07, 6.45) is 2.85. The zero-order valence-corrected chi connectivity index (χ0v) is 11.6. The molecule has 0 aromatic heterocycles. The smallest absolute Gasteiger partial charge is 0.164 e. The van der Waals surface area contributed by atoms with E-state index < -0.39 is 0 Å². The van der Waals surface area contributed by atoms with E-state index in [0.717, 1.165) is 44.6 Å². The van der Waals surface area contributed by atoms with Gasteiger partial charge >= 0.3 is 0 Å². The maximum Gasteiger partial charge on any atom is 0.164 e. The van der Waals surface area contributed by atoms with Crippen molar-refractivity contribution >= 4 is 5.78 Å². The van der Waals surface area contributed by atoms with E-state index >= 15 is 0 Å². The fourth-order valence-electron chi connectivity index (χ4n) is 3.26. The van der Waals surface area contributed by atoms with Crippen LogP contribution in [-0.2, 0) is 6.42 Å². The molecule has 0 amide bonds. The average Bonchev–Trinajstić information content (AvgIpc) is 2.60. The molecule has 0 N–H and O–H groups in total. The van der Waals surface area contributed by atoms with Crippen LogP contribution in [-0.4, -0.2) is 54.9 Å². The Morgan fingerprint density at radius 1 is 1.11 bits per heavy atom. The minimum Gasteiger partial charge on any atom is -0.304 e. The summed E-state index contributed by atoms with van der Waals surface area (Å²) in [5, 5.41) is 0. The third-order valence-corrected chi connectivity index (χ3v) is 4.54. The summed E-state index contributed by atoms with van der Waals surface area (Å²) < 4.78 is 0. The largest absolute Gasteiger partial charge is 0.304 e. The number of fused-ring (bicyclic) bond motifs is 1. The summed E-state index contributed by atoms with van der Waals surface area (Å²) in [5.41, 5.74) is 2.20. The van der Waals surface area contributed by atoms with E-state index in [1.807, 2.05) is 18.2 Å². The minimum absolute atomic E-state index is 0.331. The molecule has 1 saturated heterocycles. The molecule has 3 heteroatoms. The van der Waals surface area contributed by atoms with Crippen LogP contribution in [0, 0.1) is 0 Å². The second-order valence-corrected chi connectivity index (χ2v) is 5.82. The van der Waals surface area contributed by atoms with Gasteiger partial charge in [0.15, 0.2) is 5.78 Å². The standard InChI is InChI=1S/C16H22N2O/c1-17-8-10-18(11-9-17)14-7-6-13-4-2-3-5-15(13)16(19)12-14/h2-5,14H,6-12H2,1H3. The molecule has 0 saturated carbocycles. The van der Waals surface area contributed by atoms with Gasteiger partial charge in [-0.3, -0.25) is 9.69 Å². The minimum atomic E-state index is 0.331. The van der Waals surface area contributed by atoms with Crippen LogP contribution in [0.5, 0.6) is 0 Å². The number of nitrogens with zero attached hydrogens (tertiary/aromatic N) is 2. The number of hydrogen-bond donors (Lipinski definition) is 0. The van der Waals surface area contributed by atoms with Crippen molar-refractivity contribution in [3.8, 4) is 0 Å². The summed E-state index contributed by atoms with van der Waals surface area (Å²) in [5.74, 6) is 0.331. The van der Waals surface area contributed by atoms with Gasteiger partial charge in [-0.2, -0.15) is 0 Å². The highest BCUT2D eigenvalue weighted by atomic mass is 16.1. The van der Waals surface area contributed by atoms with Crippen LogP contribution in [0.2, 0.25) is 0 Å². The molecule has 2 aliphatic rings. The topological polar surface area (TPSA) is 23.6 Å². The van der Waals surface area contributed by atoms with Gasteiger partial charge < -0.3 is 4.90 Å². The van der Waals surface area contributed by atoms with E-state index in [1.165, 1.54) is 5.56 Å². The Hall–Kier alpha value is -1.19. The third-order valence-electron chi connectivity index (χ3n) is 4.54. The molecule has 1 fully saturated rings. The first kappa shape index (κ1) is 12.8. The van der Waals surface area contributed by atoms with E-state index in [0.29, 0.717) is 18.2 Å². The van der Waals surface area contributed by atoms with E-state index in [9.17, 15) is 4.79 Å². The molecule has 1 aromatic rings. The molecular formula is C16H22N2O. The predicted molar refractivity (Wildman–Crippen MR) is 76.6 cm³/mol. The zero-order chi connectivity index (χ0) is 13.2. The summed E-state index contributed by atoms with van der Waals surface area (Å²) in [6.45, 7) is 4.45. The van der Waals surface area contributed by atoms with Crippen LogP contribution in [0.15, 0.2) is 24.3 Å². The van der Waals surface area contributed by atoms with Gasteiger partial charge in [0.05, 0.1) is 0 Å². The first-order chi connectivity index (χ1) is 9.24. The molecule has 1 atom stereocenters. The molecule has 3 nitrogen and oxygen atoms in total. The van der Waals surface area contributed by atoms with Crippen molar-refractivity contribution in [3.05, 3.63) is 35.4 Å². The summed E-state index contributed by atoms with van der Waals surface area (Å²) in [6, 6.07) is 8.56. The van der Waals surface area contributed by atoms with Crippen molar-refractivity contribution in [2.75, 3.05) is 33.2 Å². The van der Waals surface area contributed by atoms with Crippen LogP contribution in [0.25, 0.3) is 0 Å². The maximum absolute atomic E-state index is 12.4. The van der Waals surface area contributed by atoms with Crippen molar-refractivity contribution in [3.63, 3.8) is 0 Å². The highest BCUT2D eigenvalue weighted by Crippen LogP contribution is 2.24. The molecule has 1 unspecified atom stereocenters. The van der Waals surface area contributed by atoms with Crippen molar-refractivity contribution in [1.29, 1.82) is 0 Å². The molecular weight excluding hydrogens is 236 g/mol. The summed E-state index contributed by atoms with van der Waals surface area (Å²) >= 11 is 0. The number of aryl methyl sites for hydroxylation is 1. The van der Waals surface area contributed by atoms with Crippen molar-refractivity contribution in [2.45, 2.75) is 25.3 Å². The van der Waals surface area contributed by atoms with Gasteiger partial charge in [0.1, 0.15) is 0 Å². The number of piperazine rings is 1. The number of carbonyl (C=O) groups excluding carboxylic acids is 1. The Morgan fingerprint density at radius 2 is 1.84 bits per heavy atom. The fraction of sp³-hybridized carbons (Fsp3) is 0.562. The van der Waals surface area contributed by atoms with Crippen molar-refractivity contribution in [1.82, 2.24) is 9.80 Å². The second kappa shape index (κ2) is 5.43. The Bertz CT molecular complexity index is 464. The van der Waals surface area contributed by atoms with E-state index in [-0.39, 0.29) is 0 Å². The lowest BCUT2D eigenvalue weighted by molar-refractivity contribution is 0.0820. The fourth-order valence-corrected chi connectivity index (χ4v) is 3.26. The average molecular weight is 258 g/mol. The Labute approximate surface area is 115 Å². The van der Waals surface area contributed by atoms with Gasteiger partial charge in [-0.25, -0.2) is 0 Å². The monoisotopic (exact) mass is 258 g/mol. The highest BCUT2D eigenvalue weighted by molar-refractivity contribution is 5.98. The van der Waals surface area contributed by atoms with Gasteiger partial charge in [-0.05, 0) is 25.5 Å². The van der Waals surface area contributed by atoms with Gasteiger partial charge in [0, 0.05) is 44.2 Å². The molecule has 102 valence electrons. The Kier molecular flexibility index (Phi) is 3.67. The van der Waals surface area contributed by atoms with Crippen molar-refractivity contribution < 1.29 is 4.79 Å². The quantitative estimate of drug-likeness (QED) is 0.718. The van der Waals surface area contributed by atoms with Crippen LogP contribution < -0.4 is 0 Å². The molecule has 3 rings (SSSR count). The molecule has 0 radical (unpaired) electrons. The molecule has 1 heterocycles. The van der Waals surface area contributed by atoms with E-state index in [2.05, 4.69) is 22.9 Å². The lowest BCUT2D eigenvalue weighted by Gasteiger charge is -2.37. The number of Topliss-reactive ketones (excluding diaryl/α,β-unsaturated/α-hetero) is 1. The van der Waals surface area contributed by atoms with Crippen LogP contribution >= 0.6 is 0 Å². The normalized spacial score (nSPS) is 25.9. The molecule has 1 aliphatic carbocycles. The third kappa shape index (κ3) is 2.72. The van der Waals surface area contributed by atoms with Crippen LogP contribution in [0.1, 0.15) is 28.8 Å². The van der Waals surface area contributed by atoms with Crippen LogP contribution in [0.4, 0.5) is 0 Å². The summed E-state index contributed by atoms with van der Waals surface area (Å²) in [4.78, 5) is 17.3. The predicted octanol–water partition coefficient (Wildman–Crippen LogP) is 1.82. The first-order valence-electron chi connectivity index (χ1n) is 7.28. The lowest BCUT2D eigenvalue weighted by atomic mass is 10.0. The van der Waals surface area contributed by atoms with Crippen LogP contribution in [0.3, 0.4) is 0 Å². The van der Waals surface area contributed by atoms with Gasteiger partial charge in [-0.1, -0.05) is 24.3 Å². The van der Waals surface area contributed by atoms with Crippen molar-refractivity contribution in [2.24, 2.45) is 0 Å². The number of likely N-dealkylation sites (N-methyl/N-ethyl adjacent to an activating group) is 1. The van der Waals surface area contributed by atoms with E-state index in [4.69, 9.17) is 0 Å². The molecule has 19 heavy (non-hydrogen) atoms. The zero-order valence-electron chi connectivity index (χ0n) is 11.6. The number of carbonyl (C=O) groups is 1. The molecule has 0 spiro atoms. The molecule has 1 aromatic carbocycles. The first-order valence-corrected chi connectivity index (χ1v) is 7.28. The number of benzene rings is 1. The van der Waals surface area contributed by atoms with E-state index in [1.54, 1.807) is 0 Å². The highest BCUT2D eigenvalue weighted by Gasteiger charge is 2.28. The van der Waals surface area contributed by atoms with Gasteiger partial charge in [-0.15, -0.1) is 0 Å². The van der Waals surface area contributed by atoms with Gasteiger partial charge in [0.2, 0.25) is 0 Å². The van der Waals surface area contributed by atoms with Gasteiger partial charge in [0.25, 0.3) is 0 Å². The number of hydrogen-bond acceptors (Lipinski definition) is 3.